The Bertz CT molecular complexity index is 723. The maximum absolute atomic E-state index is 11.9. The summed E-state index contributed by atoms with van der Waals surface area (Å²) in [6, 6.07) is 4.69. The standard InChI is InChI=1S/C18H23Cl2N3O4/c1-4-13(18(26)27-5-2)11(3)22-23-17(25)9-8-16(24)21-15-7-6-12(19)10-14(15)20/h6-7,10,13H,4-5,8-9H2,1-3H3,(H,21,24)(H,23,25)/b22-11-/t13-/m1/s1. The summed E-state index contributed by atoms with van der Waals surface area (Å²) in [4.78, 5) is 35.6. The molecule has 0 aliphatic rings. The van der Waals surface area contributed by atoms with Crippen LogP contribution >= 0.6 is 23.2 Å². The molecule has 0 saturated heterocycles. The molecule has 1 rings (SSSR count). The Balaban J connectivity index is 2.49. The monoisotopic (exact) mass is 415 g/mol. The van der Waals surface area contributed by atoms with Gasteiger partial charge < -0.3 is 10.1 Å². The van der Waals surface area contributed by atoms with Gasteiger partial charge in [0.2, 0.25) is 11.8 Å². The normalized spacial score (nSPS) is 12.3. The van der Waals surface area contributed by atoms with Crippen LogP contribution in [0, 0.1) is 5.92 Å². The smallest absolute Gasteiger partial charge is 0.314 e. The van der Waals surface area contributed by atoms with E-state index in [1.807, 2.05) is 6.92 Å². The third-order valence-electron chi connectivity index (χ3n) is 3.62. The van der Waals surface area contributed by atoms with Crippen molar-refractivity contribution in [3.63, 3.8) is 0 Å². The van der Waals surface area contributed by atoms with Gasteiger partial charge in [0, 0.05) is 23.6 Å². The van der Waals surface area contributed by atoms with Gasteiger partial charge in [-0.15, -0.1) is 0 Å². The van der Waals surface area contributed by atoms with Crippen LogP contribution in [0.15, 0.2) is 23.3 Å². The molecule has 0 aliphatic heterocycles. The second kappa shape index (κ2) is 11.6. The fourth-order valence-corrected chi connectivity index (χ4v) is 2.65. The Labute approximate surface area is 168 Å². The van der Waals surface area contributed by atoms with Crippen molar-refractivity contribution >= 4 is 52.4 Å². The van der Waals surface area contributed by atoms with Crippen LogP contribution < -0.4 is 10.7 Å². The van der Waals surface area contributed by atoms with Gasteiger partial charge in [-0.05, 0) is 38.5 Å². The number of anilines is 1. The van der Waals surface area contributed by atoms with Gasteiger partial charge in [-0.3, -0.25) is 14.4 Å². The first kappa shape index (κ1) is 22.9. The zero-order valence-corrected chi connectivity index (χ0v) is 17.0. The molecule has 0 aliphatic carbocycles. The number of nitrogens with zero attached hydrogens (tertiary/aromatic N) is 1. The number of hydrazone groups is 1. The highest BCUT2D eigenvalue weighted by Crippen LogP contribution is 2.25. The number of esters is 1. The average Bonchev–Trinajstić information content (AvgIpc) is 2.61. The number of nitrogens with one attached hydrogen (secondary N) is 2. The molecule has 0 bridgehead atoms. The minimum absolute atomic E-state index is 0.0472. The zero-order valence-electron chi connectivity index (χ0n) is 15.5. The molecule has 9 heteroatoms. The Morgan fingerprint density at radius 3 is 2.41 bits per heavy atom. The average molecular weight is 416 g/mol. The molecule has 0 unspecified atom stereocenters. The van der Waals surface area contributed by atoms with Crippen LogP contribution in [0.5, 0.6) is 0 Å². The molecule has 1 atom stereocenters. The highest BCUT2D eigenvalue weighted by atomic mass is 35.5. The van der Waals surface area contributed by atoms with E-state index < -0.39 is 11.8 Å². The number of rotatable bonds is 9. The lowest BCUT2D eigenvalue weighted by Gasteiger charge is -2.13. The lowest BCUT2D eigenvalue weighted by atomic mass is 10.0. The number of amides is 2. The number of benzene rings is 1. The second-order valence-electron chi connectivity index (χ2n) is 5.67. The second-order valence-corrected chi connectivity index (χ2v) is 6.52. The summed E-state index contributed by atoms with van der Waals surface area (Å²) < 4.78 is 4.97. The number of hydrogen-bond donors (Lipinski definition) is 2. The molecule has 0 heterocycles. The van der Waals surface area contributed by atoms with Crippen LogP contribution in [0.3, 0.4) is 0 Å². The van der Waals surface area contributed by atoms with Crippen molar-refractivity contribution in [1.29, 1.82) is 0 Å². The topological polar surface area (TPSA) is 96.9 Å². The maximum Gasteiger partial charge on any atom is 0.314 e. The van der Waals surface area contributed by atoms with Crippen LogP contribution in [-0.4, -0.2) is 30.1 Å². The van der Waals surface area contributed by atoms with Gasteiger partial charge in [0.25, 0.3) is 0 Å². The molecule has 148 valence electrons. The van der Waals surface area contributed by atoms with E-state index in [1.54, 1.807) is 26.0 Å². The fraction of sp³-hybridized carbons (Fsp3) is 0.444. The summed E-state index contributed by atoms with van der Waals surface area (Å²) in [5, 5.41) is 7.31. The summed E-state index contributed by atoms with van der Waals surface area (Å²) in [5.74, 6) is -1.70. The van der Waals surface area contributed by atoms with E-state index in [1.165, 1.54) is 6.07 Å². The van der Waals surface area contributed by atoms with Crippen molar-refractivity contribution in [2.24, 2.45) is 11.0 Å². The Hall–Kier alpha value is -2.12. The summed E-state index contributed by atoms with van der Waals surface area (Å²) in [7, 11) is 0. The molecule has 0 fully saturated rings. The van der Waals surface area contributed by atoms with Gasteiger partial charge in [-0.1, -0.05) is 30.1 Å². The minimum atomic E-state index is -0.513. The van der Waals surface area contributed by atoms with E-state index in [2.05, 4.69) is 15.8 Å². The Morgan fingerprint density at radius 2 is 1.81 bits per heavy atom. The highest BCUT2D eigenvalue weighted by Gasteiger charge is 2.21. The van der Waals surface area contributed by atoms with Crippen LogP contribution in [0.2, 0.25) is 10.0 Å². The van der Waals surface area contributed by atoms with E-state index in [4.69, 9.17) is 27.9 Å². The van der Waals surface area contributed by atoms with Crippen LogP contribution in [0.25, 0.3) is 0 Å². The number of carbonyl (C=O) groups is 3. The van der Waals surface area contributed by atoms with Crippen molar-refractivity contribution in [2.45, 2.75) is 40.0 Å². The van der Waals surface area contributed by atoms with E-state index in [0.717, 1.165) is 0 Å². The molecule has 27 heavy (non-hydrogen) atoms. The molecular weight excluding hydrogens is 393 g/mol. The number of halogens is 2. The molecule has 0 aromatic heterocycles. The summed E-state index contributed by atoms with van der Waals surface area (Å²) in [6.07, 6.45) is 0.396. The van der Waals surface area contributed by atoms with Gasteiger partial charge in [0.15, 0.2) is 0 Å². The van der Waals surface area contributed by atoms with Gasteiger partial charge in [0.05, 0.1) is 23.2 Å². The minimum Gasteiger partial charge on any atom is -0.465 e. The largest absolute Gasteiger partial charge is 0.465 e. The molecule has 2 amide bonds. The number of carbonyl (C=O) groups excluding carboxylic acids is 3. The fourth-order valence-electron chi connectivity index (χ4n) is 2.19. The van der Waals surface area contributed by atoms with Crippen molar-refractivity contribution < 1.29 is 19.1 Å². The lowest BCUT2D eigenvalue weighted by molar-refractivity contribution is -0.145. The van der Waals surface area contributed by atoms with Gasteiger partial charge in [-0.25, -0.2) is 5.43 Å². The van der Waals surface area contributed by atoms with Crippen LogP contribution in [0.4, 0.5) is 5.69 Å². The van der Waals surface area contributed by atoms with E-state index in [9.17, 15) is 14.4 Å². The first-order chi connectivity index (χ1) is 12.8. The maximum atomic E-state index is 11.9. The quantitative estimate of drug-likeness (QED) is 0.364. The number of ether oxygens (including phenoxy) is 1. The molecule has 0 radical (unpaired) electrons. The van der Waals surface area contributed by atoms with Crippen molar-refractivity contribution in [3.8, 4) is 0 Å². The first-order valence-corrected chi connectivity index (χ1v) is 9.28. The van der Waals surface area contributed by atoms with Crippen LogP contribution in [-0.2, 0) is 19.1 Å². The molecule has 7 nitrogen and oxygen atoms in total. The lowest BCUT2D eigenvalue weighted by Crippen LogP contribution is -2.27. The van der Waals surface area contributed by atoms with Gasteiger partial charge in [0.1, 0.15) is 0 Å². The molecular formula is C18H23Cl2N3O4. The zero-order chi connectivity index (χ0) is 20.4. The third-order valence-corrected chi connectivity index (χ3v) is 4.17. The molecule has 2 N–H and O–H groups in total. The number of hydrogen-bond acceptors (Lipinski definition) is 5. The predicted molar refractivity (Wildman–Crippen MR) is 106 cm³/mol. The summed E-state index contributed by atoms with van der Waals surface area (Å²) in [6.45, 7) is 5.47. The van der Waals surface area contributed by atoms with Crippen molar-refractivity contribution in [3.05, 3.63) is 28.2 Å². The predicted octanol–water partition coefficient (Wildman–Crippen LogP) is 3.79. The van der Waals surface area contributed by atoms with Crippen LogP contribution in [0.1, 0.15) is 40.0 Å². The van der Waals surface area contributed by atoms with E-state index in [-0.39, 0.29) is 31.3 Å². The molecule has 0 spiro atoms. The third kappa shape index (κ3) is 7.97. The summed E-state index contributed by atoms with van der Waals surface area (Å²) >= 11 is 11.8. The van der Waals surface area contributed by atoms with Gasteiger partial charge >= 0.3 is 5.97 Å². The molecule has 1 aromatic carbocycles. The van der Waals surface area contributed by atoms with Crippen molar-refractivity contribution in [2.75, 3.05) is 11.9 Å². The Morgan fingerprint density at radius 1 is 1.15 bits per heavy atom. The highest BCUT2D eigenvalue weighted by molar-refractivity contribution is 6.36. The molecule has 0 saturated carbocycles. The summed E-state index contributed by atoms with van der Waals surface area (Å²) in [5.41, 5.74) is 3.21. The first-order valence-electron chi connectivity index (χ1n) is 8.53. The molecule has 1 aromatic rings. The van der Waals surface area contributed by atoms with E-state index in [0.29, 0.717) is 27.9 Å². The van der Waals surface area contributed by atoms with Gasteiger partial charge in [-0.2, -0.15) is 5.10 Å². The van der Waals surface area contributed by atoms with E-state index >= 15 is 0 Å². The Kier molecular flexibility index (Phi) is 9.82. The van der Waals surface area contributed by atoms with Crippen molar-refractivity contribution in [1.82, 2.24) is 5.43 Å². The SMILES string of the molecule is CCOC(=O)[C@H](CC)/C(C)=N\NC(=O)CCC(=O)Nc1ccc(Cl)cc1Cl.